The van der Waals surface area contributed by atoms with E-state index in [9.17, 15) is 0 Å². The third kappa shape index (κ3) is 1.42. The molecule has 2 saturated heterocycles. The van der Waals surface area contributed by atoms with Gasteiger partial charge in [-0.1, -0.05) is 0 Å². The van der Waals surface area contributed by atoms with Gasteiger partial charge in [-0.3, -0.25) is 0 Å². The quantitative estimate of drug-likeness (QED) is 0.602. The Morgan fingerprint density at radius 2 is 2.18 bits per heavy atom. The Morgan fingerprint density at radius 3 is 2.73 bits per heavy atom. The van der Waals surface area contributed by atoms with Crippen molar-refractivity contribution in [3.05, 3.63) is 0 Å². The maximum atomic E-state index is 3.59. The van der Waals surface area contributed by atoms with Crippen LogP contribution in [0.25, 0.3) is 0 Å². The van der Waals surface area contributed by atoms with E-state index in [2.05, 4.69) is 17.3 Å². The Kier molecular flexibility index (Phi) is 2.14. The van der Waals surface area contributed by atoms with Crippen molar-refractivity contribution < 1.29 is 0 Å². The van der Waals surface area contributed by atoms with Gasteiger partial charge in [0.2, 0.25) is 0 Å². The fourth-order valence-electron chi connectivity index (χ4n) is 2.48. The van der Waals surface area contributed by atoms with Crippen LogP contribution < -0.4 is 5.32 Å². The van der Waals surface area contributed by atoms with Crippen LogP contribution in [0, 0.1) is 0 Å². The highest BCUT2D eigenvalue weighted by Gasteiger charge is 2.30. The zero-order valence-corrected chi connectivity index (χ0v) is 7.34. The van der Waals surface area contributed by atoms with Gasteiger partial charge < -0.3 is 10.2 Å². The maximum Gasteiger partial charge on any atom is 0.0246 e. The zero-order chi connectivity index (χ0) is 7.68. The van der Waals surface area contributed by atoms with Gasteiger partial charge >= 0.3 is 0 Å². The van der Waals surface area contributed by atoms with Gasteiger partial charge in [0.1, 0.15) is 0 Å². The molecule has 2 nitrogen and oxygen atoms in total. The molecule has 0 amide bonds. The van der Waals surface area contributed by atoms with Crippen molar-refractivity contribution in [2.45, 2.75) is 37.8 Å². The van der Waals surface area contributed by atoms with E-state index in [4.69, 9.17) is 0 Å². The molecule has 0 aromatic heterocycles. The van der Waals surface area contributed by atoms with E-state index in [1.165, 1.54) is 38.8 Å². The predicted molar refractivity (Wildman–Crippen MR) is 46.7 cm³/mol. The van der Waals surface area contributed by atoms with E-state index in [0.29, 0.717) is 0 Å². The molecule has 2 aliphatic heterocycles. The Bertz CT molecular complexity index is 130. The highest BCUT2D eigenvalue weighted by molar-refractivity contribution is 4.90. The fourth-order valence-corrected chi connectivity index (χ4v) is 2.48. The van der Waals surface area contributed by atoms with Crippen LogP contribution >= 0.6 is 0 Å². The monoisotopic (exact) mass is 154 g/mol. The molecular formula is C9H18N2. The Hall–Kier alpha value is -0.0800. The van der Waals surface area contributed by atoms with Gasteiger partial charge in [0, 0.05) is 12.1 Å². The highest BCUT2D eigenvalue weighted by atomic mass is 15.2. The van der Waals surface area contributed by atoms with Crippen molar-refractivity contribution in [1.29, 1.82) is 0 Å². The normalized spacial score (nSPS) is 40.1. The van der Waals surface area contributed by atoms with Crippen LogP contribution in [-0.4, -0.2) is 37.1 Å². The molecule has 2 aliphatic rings. The molecular weight excluding hydrogens is 136 g/mol. The van der Waals surface area contributed by atoms with Crippen LogP contribution in [0.1, 0.15) is 25.7 Å². The number of likely N-dealkylation sites (N-methyl/N-ethyl adjacent to an activating group) is 1. The van der Waals surface area contributed by atoms with E-state index in [1.807, 2.05) is 0 Å². The summed E-state index contributed by atoms with van der Waals surface area (Å²) in [6.07, 6.45) is 5.59. The molecule has 1 N–H and O–H groups in total. The summed E-state index contributed by atoms with van der Waals surface area (Å²) in [5.41, 5.74) is 0. The first kappa shape index (κ1) is 7.56. The third-order valence-corrected chi connectivity index (χ3v) is 3.14. The molecule has 2 heterocycles. The summed E-state index contributed by atoms with van der Waals surface area (Å²) in [4.78, 5) is 2.52. The summed E-state index contributed by atoms with van der Waals surface area (Å²) in [6, 6.07) is 1.65. The van der Waals surface area contributed by atoms with E-state index >= 15 is 0 Å². The van der Waals surface area contributed by atoms with E-state index in [0.717, 1.165) is 12.1 Å². The molecule has 0 saturated carbocycles. The second-order valence-corrected chi connectivity index (χ2v) is 3.89. The smallest absolute Gasteiger partial charge is 0.0246 e. The topological polar surface area (TPSA) is 15.3 Å². The number of nitrogens with one attached hydrogen (secondary N) is 1. The first-order valence-electron chi connectivity index (χ1n) is 4.81. The minimum Gasteiger partial charge on any atom is -0.312 e. The number of hydrogen-bond donors (Lipinski definition) is 1. The molecule has 0 spiro atoms. The van der Waals surface area contributed by atoms with Gasteiger partial charge in [0.05, 0.1) is 0 Å². The first-order valence-corrected chi connectivity index (χ1v) is 4.81. The molecule has 0 aliphatic carbocycles. The summed E-state index contributed by atoms with van der Waals surface area (Å²) in [5.74, 6) is 0. The lowest BCUT2D eigenvalue weighted by atomic mass is 10.0. The van der Waals surface area contributed by atoms with Crippen LogP contribution in [0.3, 0.4) is 0 Å². The summed E-state index contributed by atoms with van der Waals surface area (Å²) in [6.45, 7) is 2.55. The van der Waals surface area contributed by atoms with Crippen LogP contribution in [0.5, 0.6) is 0 Å². The second-order valence-electron chi connectivity index (χ2n) is 3.89. The van der Waals surface area contributed by atoms with Crippen molar-refractivity contribution in [2.24, 2.45) is 0 Å². The molecule has 2 fully saturated rings. The zero-order valence-electron chi connectivity index (χ0n) is 7.34. The number of nitrogens with zero attached hydrogens (tertiary/aromatic N) is 1. The van der Waals surface area contributed by atoms with Crippen molar-refractivity contribution in [2.75, 3.05) is 20.1 Å². The summed E-state index contributed by atoms with van der Waals surface area (Å²) in [7, 11) is 2.26. The van der Waals surface area contributed by atoms with Gasteiger partial charge in [-0.15, -0.1) is 0 Å². The second kappa shape index (κ2) is 3.11. The molecule has 11 heavy (non-hydrogen) atoms. The van der Waals surface area contributed by atoms with Gasteiger partial charge in [-0.2, -0.15) is 0 Å². The average molecular weight is 154 g/mol. The van der Waals surface area contributed by atoms with Crippen LogP contribution in [0.15, 0.2) is 0 Å². The standard InChI is InChI=1S/C9H18N2/c1-11-7-3-5-9(11)8-4-2-6-10-8/h8-10H,2-7H2,1H3. The average Bonchev–Trinajstić information content (AvgIpc) is 2.55. The number of hydrogen-bond acceptors (Lipinski definition) is 2. The number of rotatable bonds is 1. The summed E-state index contributed by atoms with van der Waals surface area (Å²) in [5, 5.41) is 3.59. The summed E-state index contributed by atoms with van der Waals surface area (Å²) < 4.78 is 0. The van der Waals surface area contributed by atoms with E-state index < -0.39 is 0 Å². The summed E-state index contributed by atoms with van der Waals surface area (Å²) >= 11 is 0. The van der Waals surface area contributed by atoms with Crippen molar-refractivity contribution in [3.63, 3.8) is 0 Å². The van der Waals surface area contributed by atoms with Gasteiger partial charge in [-0.25, -0.2) is 0 Å². The van der Waals surface area contributed by atoms with Crippen LogP contribution in [0.4, 0.5) is 0 Å². The largest absolute Gasteiger partial charge is 0.312 e. The fraction of sp³-hybridized carbons (Fsp3) is 1.00. The Balaban J connectivity index is 1.92. The first-order chi connectivity index (χ1) is 5.38. The van der Waals surface area contributed by atoms with Crippen LogP contribution in [0.2, 0.25) is 0 Å². The molecule has 0 radical (unpaired) electrons. The lowest BCUT2D eigenvalue weighted by Crippen LogP contribution is -2.41. The van der Waals surface area contributed by atoms with Gasteiger partial charge in [0.25, 0.3) is 0 Å². The SMILES string of the molecule is CN1CCCC1C1CCCN1. The molecule has 2 unspecified atom stereocenters. The van der Waals surface area contributed by atoms with E-state index in [1.54, 1.807) is 0 Å². The minimum absolute atomic E-state index is 0.808. The van der Waals surface area contributed by atoms with Crippen molar-refractivity contribution >= 4 is 0 Å². The highest BCUT2D eigenvalue weighted by Crippen LogP contribution is 2.22. The van der Waals surface area contributed by atoms with Crippen molar-refractivity contribution in [3.8, 4) is 0 Å². The minimum atomic E-state index is 0.808. The molecule has 0 bridgehead atoms. The third-order valence-electron chi connectivity index (χ3n) is 3.14. The van der Waals surface area contributed by atoms with Gasteiger partial charge in [0.15, 0.2) is 0 Å². The lowest BCUT2D eigenvalue weighted by Gasteiger charge is -2.25. The Labute approximate surface area is 69.0 Å². The molecule has 0 aromatic carbocycles. The van der Waals surface area contributed by atoms with E-state index in [-0.39, 0.29) is 0 Å². The lowest BCUT2D eigenvalue weighted by molar-refractivity contribution is 0.258. The van der Waals surface area contributed by atoms with Crippen LogP contribution in [-0.2, 0) is 0 Å². The predicted octanol–water partition coefficient (Wildman–Crippen LogP) is 0.833. The Morgan fingerprint density at radius 1 is 1.27 bits per heavy atom. The number of likely N-dealkylation sites (tertiary alicyclic amines) is 1. The van der Waals surface area contributed by atoms with Gasteiger partial charge in [-0.05, 0) is 45.8 Å². The molecule has 2 heteroatoms. The molecule has 64 valence electrons. The molecule has 0 aromatic rings. The molecule has 2 atom stereocenters. The maximum absolute atomic E-state index is 3.59. The van der Waals surface area contributed by atoms with Crippen molar-refractivity contribution in [1.82, 2.24) is 10.2 Å². The molecule has 2 rings (SSSR count).